The molecule has 1 heterocycles. The van der Waals surface area contributed by atoms with Crippen molar-refractivity contribution in [2.75, 3.05) is 0 Å². The first-order chi connectivity index (χ1) is 9.06. The van der Waals surface area contributed by atoms with Crippen molar-refractivity contribution in [2.24, 2.45) is 5.73 Å². The van der Waals surface area contributed by atoms with Crippen molar-refractivity contribution in [2.45, 2.75) is 12.8 Å². The molecule has 96 valence electrons. The Morgan fingerprint density at radius 2 is 2.05 bits per heavy atom. The highest BCUT2D eigenvalue weighted by Gasteiger charge is 2.35. The van der Waals surface area contributed by atoms with Gasteiger partial charge in [-0.15, -0.1) is 0 Å². The minimum Gasteiger partial charge on any atom is -0.478 e. The number of benzene rings is 1. The van der Waals surface area contributed by atoms with Gasteiger partial charge in [-0.05, 0) is 12.5 Å². The Bertz CT molecular complexity index is 624. The predicted octanol–water partition coefficient (Wildman–Crippen LogP) is 1.85. The van der Waals surface area contributed by atoms with Crippen LogP contribution in [0.1, 0.15) is 18.4 Å². The van der Waals surface area contributed by atoms with Crippen LogP contribution in [0.3, 0.4) is 0 Å². The molecule has 0 aromatic heterocycles. The molecule has 3 N–H and O–H groups in total. The zero-order valence-electron chi connectivity index (χ0n) is 10.3. The fourth-order valence-electron chi connectivity index (χ4n) is 2.14. The summed E-state index contributed by atoms with van der Waals surface area (Å²) in [7, 11) is 0. The highest BCUT2D eigenvalue weighted by atomic mass is 16.5. The monoisotopic (exact) mass is 256 g/mol. The number of nitriles is 1. The molecule has 0 spiro atoms. The number of hydrogen-bond acceptors (Lipinski definition) is 4. The maximum Gasteiger partial charge on any atom is 0.336 e. The number of rotatable bonds is 2. The van der Waals surface area contributed by atoms with Crippen LogP contribution in [0.5, 0.6) is 0 Å². The summed E-state index contributed by atoms with van der Waals surface area (Å²) in [5.41, 5.74) is 6.53. The zero-order valence-corrected chi connectivity index (χ0v) is 10.3. The van der Waals surface area contributed by atoms with Crippen molar-refractivity contribution in [3.63, 3.8) is 0 Å². The van der Waals surface area contributed by atoms with Crippen molar-refractivity contribution in [3.05, 3.63) is 58.7 Å². The van der Waals surface area contributed by atoms with Crippen molar-refractivity contribution in [1.29, 1.82) is 5.26 Å². The fraction of sp³-hybridized carbons (Fsp3) is 0.143. The van der Waals surface area contributed by atoms with Gasteiger partial charge in [0, 0.05) is 0 Å². The van der Waals surface area contributed by atoms with E-state index in [2.05, 4.69) is 0 Å². The number of carbonyl (C=O) groups is 1. The predicted molar refractivity (Wildman–Crippen MR) is 67.4 cm³/mol. The molecule has 0 saturated carbocycles. The van der Waals surface area contributed by atoms with E-state index in [0.29, 0.717) is 5.56 Å². The molecule has 2 rings (SSSR count). The summed E-state index contributed by atoms with van der Waals surface area (Å²) in [5, 5.41) is 18.5. The van der Waals surface area contributed by atoms with Gasteiger partial charge in [0.25, 0.3) is 0 Å². The number of nitrogens with two attached hydrogens (primary N) is 1. The average molecular weight is 256 g/mol. The largest absolute Gasteiger partial charge is 0.478 e. The summed E-state index contributed by atoms with van der Waals surface area (Å²) in [6.45, 7) is 1.53. The molecular formula is C14H12N2O3. The Labute approximate surface area is 110 Å². The van der Waals surface area contributed by atoms with Gasteiger partial charge < -0.3 is 15.6 Å². The van der Waals surface area contributed by atoms with E-state index in [9.17, 15) is 15.2 Å². The fourth-order valence-corrected chi connectivity index (χ4v) is 2.14. The smallest absolute Gasteiger partial charge is 0.336 e. The van der Waals surface area contributed by atoms with Gasteiger partial charge in [0.1, 0.15) is 17.4 Å². The van der Waals surface area contributed by atoms with Crippen LogP contribution in [-0.4, -0.2) is 11.1 Å². The molecule has 0 amide bonds. The number of allylic oxidation sites excluding steroid dienone is 2. The van der Waals surface area contributed by atoms with Crippen LogP contribution in [0, 0.1) is 11.3 Å². The number of hydrogen-bond donors (Lipinski definition) is 2. The van der Waals surface area contributed by atoms with Gasteiger partial charge in [-0.3, -0.25) is 0 Å². The van der Waals surface area contributed by atoms with Crippen LogP contribution in [0.15, 0.2) is 53.1 Å². The van der Waals surface area contributed by atoms with Crippen LogP contribution in [0.4, 0.5) is 0 Å². The lowest BCUT2D eigenvalue weighted by Gasteiger charge is -2.25. The summed E-state index contributed by atoms with van der Waals surface area (Å²) in [6.07, 6.45) is 0. The third kappa shape index (κ3) is 2.16. The molecule has 0 aliphatic carbocycles. The standard InChI is InChI=1S/C14H12N2O3/c1-8-11(14(17)18)12(9-5-3-2-4-6-9)10(7-15)13(16)19-8/h2-6,12H,16H2,1H3,(H,17,18). The second-order valence-corrected chi connectivity index (χ2v) is 4.11. The summed E-state index contributed by atoms with van der Waals surface area (Å²) in [5.74, 6) is -1.65. The normalized spacial score (nSPS) is 18.8. The second-order valence-electron chi connectivity index (χ2n) is 4.11. The Balaban J connectivity index is 2.65. The van der Waals surface area contributed by atoms with Crippen molar-refractivity contribution < 1.29 is 14.6 Å². The quantitative estimate of drug-likeness (QED) is 0.841. The van der Waals surface area contributed by atoms with Crippen LogP contribution in [0.2, 0.25) is 0 Å². The minimum absolute atomic E-state index is 0.0388. The number of ether oxygens (including phenoxy) is 1. The summed E-state index contributed by atoms with van der Waals surface area (Å²) >= 11 is 0. The van der Waals surface area contributed by atoms with Crippen LogP contribution < -0.4 is 5.73 Å². The minimum atomic E-state index is -1.12. The van der Waals surface area contributed by atoms with E-state index in [1.165, 1.54) is 6.92 Å². The van der Waals surface area contributed by atoms with Gasteiger partial charge in [-0.2, -0.15) is 5.26 Å². The van der Waals surface area contributed by atoms with Crippen LogP contribution in [-0.2, 0) is 9.53 Å². The van der Waals surface area contributed by atoms with Crippen LogP contribution >= 0.6 is 0 Å². The third-order valence-electron chi connectivity index (χ3n) is 2.97. The van der Waals surface area contributed by atoms with E-state index in [0.717, 1.165) is 0 Å². The summed E-state index contributed by atoms with van der Waals surface area (Å²) in [6, 6.07) is 10.8. The number of carboxylic acids is 1. The maximum atomic E-state index is 11.4. The Morgan fingerprint density at radius 3 is 2.58 bits per heavy atom. The topological polar surface area (TPSA) is 96.3 Å². The highest BCUT2D eigenvalue weighted by molar-refractivity contribution is 5.90. The van der Waals surface area contributed by atoms with Gasteiger partial charge >= 0.3 is 5.97 Å². The lowest BCUT2D eigenvalue weighted by Crippen LogP contribution is -2.24. The third-order valence-corrected chi connectivity index (χ3v) is 2.97. The number of nitrogens with zero attached hydrogens (tertiary/aromatic N) is 1. The van der Waals surface area contributed by atoms with E-state index >= 15 is 0 Å². The first-order valence-electron chi connectivity index (χ1n) is 5.62. The summed E-state index contributed by atoms with van der Waals surface area (Å²) < 4.78 is 5.15. The molecule has 0 bridgehead atoms. The van der Waals surface area contributed by atoms with Gasteiger partial charge in [0.15, 0.2) is 0 Å². The van der Waals surface area contributed by atoms with Gasteiger partial charge in [0.05, 0.1) is 11.5 Å². The first-order valence-corrected chi connectivity index (χ1v) is 5.62. The molecule has 1 unspecified atom stereocenters. The second kappa shape index (κ2) is 4.86. The molecule has 1 atom stereocenters. The molecule has 1 aliphatic heterocycles. The Morgan fingerprint density at radius 1 is 1.42 bits per heavy atom. The van der Waals surface area contributed by atoms with Crippen LogP contribution in [0.25, 0.3) is 0 Å². The molecule has 5 heteroatoms. The molecule has 1 aromatic carbocycles. The molecule has 0 fully saturated rings. The molecule has 5 nitrogen and oxygen atoms in total. The Kier molecular flexibility index (Phi) is 3.25. The lowest BCUT2D eigenvalue weighted by molar-refractivity contribution is -0.133. The van der Waals surface area contributed by atoms with E-state index in [-0.39, 0.29) is 22.8 Å². The van der Waals surface area contributed by atoms with E-state index in [1.807, 2.05) is 12.1 Å². The SMILES string of the molecule is CC1=C(C(=O)O)C(c2ccccc2)C(C#N)=C(N)O1. The number of aliphatic carboxylic acids is 1. The molecule has 1 aromatic rings. The molecule has 19 heavy (non-hydrogen) atoms. The van der Waals surface area contributed by atoms with Gasteiger partial charge in [-0.1, -0.05) is 30.3 Å². The molecular weight excluding hydrogens is 244 g/mol. The van der Waals surface area contributed by atoms with E-state index in [4.69, 9.17) is 10.5 Å². The van der Waals surface area contributed by atoms with E-state index < -0.39 is 11.9 Å². The van der Waals surface area contributed by atoms with Gasteiger partial charge in [0.2, 0.25) is 5.88 Å². The van der Waals surface area contributed by atoms with Crippen molar-refractivity contribution in [3.8, 4) is 6.07 Å². The molecule has 1 aliphatic rings. The summed E-state index contributed by atoms with van der Waals surface area (Å²) in [4.78, 5) is 11.4. The van der Waals surface area contributed by atoms with Gasteiger partial charge in [-0.25, -0.2) is 4.79 Å². The maximum absolute atomic E-state index is 11.4. The highest BCUT2D eigenvalue weighted by Crippen LogP contribution is 2.38. The first kappa shape index (κ1) is 12.7. The number of carboxylic acid groups (broad SMARTS) is 1. The average Bonchev–Trinajstić information content (AvgIpc) is 2.38. The zero-order chi connectivity index (χ0) is 14.0. The Hall–Kier alpha value is -2.74. The molecule has 0 saturated heterocycles. The van der Waals surface area contributed by atoms with Crippen molar-refractivity contribution in [1.82, 2.24) is 0 Å². The van der Waals surface area contributed by atoms with Crippen molar-refractivity contribution >= 4 is 5.97 Å². The lowest BCUT2D eigenvalue weighted by atomic mass is 9.83. The molecule has 0 radical (unpaired) electrons. The van der Waals surface area contributed by atoms with E-state index in [1.54, 1.807) is 24.3 Å².